The Morgan fingerprint density at radius 3 is 2.48 bits per heavy atom. The van der Waals surface area contributed by atoms with Gasteiger partial charge < -0.3 is 15.4 Å². The number of hydrogen-bond acceptors (Lipinski definition) is 3. The fraction of sp³-hybridized carbons (Fsp3) is 0.0952. The summed E-state index contributed by atoms with van der Waals surface area (Å²) < 4.78 is 0. The number of aliphatic hydroxyl groups is 1. The highest BCUT2D eigenvalue weighted by Crippen LogP contribution is 2.27. The first-order valence-corrected chi connectivity index (χ1v) is 8.29. The molecule has 3 N–H and O–H groups in total. The predicted octanol–water partition coefficient (Wildman–Crippen LogP) is 4.38. The van der Waals surface area contributed by atoms with Crippen molar-refractivity contribution in [2.75, 3.05) is 11.9 Å². The van der Waals surface area contributed by atoms with Gasteiger partial charge in [0.1, 0.15) is 5.82 Å². The Labute approximate surface area is 146 Å². The molecule has 2 aromatic heterocycles. The van der Waals surface area contributed by atoms with Gasteiger partial charge in [-0.15, -0.1) is 0 Å². The van der Waals surface area contributed by atoms with Crippen molar-refractivity contribution in [3.8, 4) is 11.1 Å². The van der Waals surface area contributed by atoms with Crippen molar-refractivity contribution >= 4 is 16.7 Å². The molecule has 0 radical (unpaired) electrons. The molecule has 4 aromatic rings. The highest BCUT2D eigenvalue weighted by molar-refractivity contribution is 5.88. The largest absolute Gasteiger partial charge is 0.394 e. The number of aliphatic hydroxyl groups excluding tert-OH is 1. The normalized spacial score (nSPS) is 12.2. The fourth-order valence-electron chi connectivity index (χ4n) is 3.04. The molecule has 1 atom stereocenters. The molecular weight excluding hydrogens is 310 g/mol. The Morgan fingerprint density at radius 2 is 1.72 bits per heavy atom. The number of aromatic amines is 1. The van der Waals surface area contributed by atoms with Crippen molar-refractivity contribution in [1.82, 2.24) is 9.97 Å². The van der Waals surface area contributed by atoms with Crippen molar-refractivity contribution in [2.45, 2.75) is 6.04 Å². The molecular formula is C21H19N3O. The van der Waals surface area contributed by atoms with E-state index in [-0.39, 0.29) is 12.6 Å². The summed E-state index contributed by atoms with van der Waals surface area (Å²) in [5, 5.41) is 14.2. The summed E-state index contributed by atoms with van der Waals surface area (Å²) in [4.78, 5) is 7.47. The molecule has 0 saturated heterocycles. The maximum Gasteiger partial charge on any atom is 0.104 e. The van der Waals surface area contributed by atoms with E-state index >= 15 is 0 Å². The Kier molecular flexibility index (Phi) is 4.19. The maximum absolute atomic E-state index is 9.73. The van der Waals surface area contributed by atoms with Gasteiger partial charge >= 0.3 is 0 Å². The second-order valence-electron chi connectivity index (χ2n) is 6.01. The third-order valence-electron chi connectivity index (χ3n) is 4.35. The topological polar surface area (TPSA) is 60.9 Å². The summed E-state index contributed by atoms with van der Waals surface area (Å²) in [7, 11) is 0. The van der Waals surface area contributed by atoms with Crippen LogP contribution in [0.4, 0.5) is 5.82 Å². The standard InChI is InChI=1S/C21H19N3O/c25-14-20(16-4-2-1-3-5-16)24-21-13-18-7-6-17(12-19(18)23-21)15-8-10-22-11-9-15/h1-13,20,23-25H,14H2. The van der Waals surface area contributed by atoms with Gasteiger partial charge in [-0.25, -0.2) is 0 Å². The lowest BCUT2D eigenvalue weighted by molar-refractivity contribution is 0.276. The van der Waals surface area contributed by atoms with Crippen LogP contribution in [0.15, 0.2) is 79.1 Å². The summed E-state index contributed by atoms with van der Waals surface area (Å²) in [5.74, 6) is 0.893. The summed E-state index contributed by atoms with van der Waals surface area (Å²) >= 11 is 0. The monoisotopic (exact) mass is 329 g/mol. The molecule has 0 spiro atoms. The first kappa shape index (κ1) is 15.4. The van der Waals surface area contributed by atoms with E-state index in [0.717, 1.165) is 33.4 Å². The Bertz CT molecular complexity index is 964. The van der Waals surface area contributed by atoms with Crippen LogP contribution >= 0.6 is 0 Å². The third-order valence-corrected chi connectivity index (χ3v) is 4.35. The molecule has 0 amide bonds. The molecule has 0 aliphatic carbocycles. The zero-order valence-electron chi connectivity index (χ0n) is 13.7. The fourth-order valence-corrected chi connectivity index (χ4v) is 3.04. The van der Waals surface area contributed by atoms with Gasteiger partial charge in [-0.3, -0.25) is 4.98 Å². The highest BCUT2D eigenvalue weighted by Gasteiger charge is 2.11. The number of nitrogens with one attached hydrogen (secondary N) is 2. The van der Waals surface area contributed by atoms with E-state index in [2.05, 4.69) is 39.6 Å². The molecule has 124 valence electrons. The van der Waals surface area contributed by atoms with E-state index < -0.39 is 0 Å². The molecule has 4 rings (SSSR count). The number of nitrogens with zero attached hydrogens (tertiary/aromatic N) is 1. The lowest BCUT2D eigenvalue weighted by atomic mass is 10.1. The molecule has 0 fully saturated rings. The molecule has 4 nitrogen and oxygen atoms in total. The first-order valence-electron chi connectivity index (χ1n) is 8.29. The van der Waals surface area contributed by atoms with Crippen LogP contribution in [0.3, 0.4) is 0 Å². The van der Waals surface area contributed by atoms with Gasteiger partial charge in [-0.2, -0.15) is 0 Å². The molecule has 0 aliphatic rings. The maximum atomic E-state index is 9.73. The van der Waals surface area contributed by atoms with E-state index in [4.69, 9.17) is 0 Å². The van der Waals surface area contributed by atoms with E-state index in [1.165, 1.54) is 0 Å². The number of anilines is 1. The van der Waals surface area contributed by atoms with Gasteiger partial charge in [-0.1, -0.05) is 42.5 Å². The zero-order valence-corrected chi connectivity index (χ0v) is 13.7. The number of H-pyrrole nitrogens is 1. The Hall–Kier alpha value is -3.11. The lowest BCUT2D eigenvalue weighted by Gasteiger charge is -2.16. The quantitative estimate of drug-likeness (QED) is 0.509. The van der Waals surface area contributed by atoms with Gasteiger partial charge in [0, 0.05) is 23.3 Å². The second kappa shape index (κ2) is 6.79. The van der Waals surface area contributed by atoms with Crippen LogP contribution < -0.4 is 5.32 Å². The minimum absolute atomic E-state index is 0.0294. The van der Waals surface area contributed by atoms with Gasteiger partial charge in [0.05, 0.1) is 12.6 Å². The van der Waals surface area contributed by atoms with Gasteiger partial charge in [0.25, 0.3) is 0 Å². The third kappa shape index (κ3) is 3.25. The highest BCUT2D eigenvalue weighted by atomic mass is 16.3. The van der Waals surface area contributed by atoms with E-state index in [1.54, 1.807) is 12.4 Å². The van der Waals surface area contributed by atoms with Gasteiger partial charge in [0.2, 0.25) is 0 Å². The van der Waals surface area contributed by atoms with Crippen LogP contribution in [0.2, 0.25) is 0 Å². The van der Waals surface area contributed by atoms with Crippen LogP contribution in [0, 0.1) is 0 Å². The Morgan fingerprint density at radius 1 is 0.920 bits per heavy atom. The first-order chi connectivity index (χ1) is 12.3. The molecule has 25 heavy (non-hydrogen) atoms. The van der Waals surface area contributed by atoms with Crippen LogP contribution in [-0.4, -0.2) is 21.7 Å². The lowest BCUT2D eigenvalue weighted by Crippen LogP contribution is -2.14. The van der Waals surface area contributed by atoms with Crippen molar-refractivity contribution in [3.63, 3.8) is 0 Å². The number of fused-ring (bicyclic) bond motifs is 1. The SMILES string of the molecule is OCC(Nc1cc2ccc(-c3ccncc3)cc2[nH]1)c1ccccc1. The summed E-state index contributed by atoms with van der Waals surface area (Å²) in [6.07, 6.45) is 3.60. The summed E-state index contributed by atoms with van der Waals surface area (Å²) in [6, 6.07) is 22.2. The van der Waals surface area contributed by atoms with Crippen LogP contribution in [-0.2, 0) is 0 Å². The number of pyridine rings is 1. The van der Waals surface area contributed by atoms with Crippen molar-refractivity contribution in [1.29, 1.82) is 0 Å². The smallest absolute Gasteiger partial charge is 0.104 e. The molecule has 4 heteroatoms. The Balaban J connectivity index is 1.63. The van der Waals surface area contributed by atoms with Crippen LogP contribution in [0.5, 0.6) is 0 Å². The molecule has 1 unspecified atom stereocenters. The van der Waals surface area contributed by atoms with Crippen LogP contribution in [0.25, 0.3) is 22.0 Å². The van der Waals surface area contributed by atoms with Crippen molar-refractivity contribution in [2.24, 2.45) is 0 Å². The average molecular weight is 329 g/mol. The van der Waals surface area contributed by atoms with Gasteiger partial charge in [0.15, 0.2) is 0 Å². The molecule has 2 heterocycles. The minimum Gasteiger partial charge on any atom is -0.394 e. The van der Waals surface area contributed by atoms with E-state index in [0.29, 0.717) is 0 Å². The van der Waals surface area contributed by atoms with E-state index in [1.807, 2.05) is 42.5 Å². The number of rotatable bonds is 5. The van der Waals surface area contributed by atoms with Gasteiger partial charge in [-0.05, 0) is 41.0 Å². The van der Waals surface area contributed by atoms with Crippen molar-refractivity contribution < 1.29 is 5.11 Å². The molecule has 2 aromatic carbocycles. The molecule has 0 bridgehead atoms. The minimum atomic E-state index is -0.145. The van der Waals surface area contributed by atoms with Crippen LogP contribution in [0.1, 0.15) is 11.6 Å². The predicted molar refractivity (Wildman–Crippen MR) is 101 cm³/mol. The average Bonchev–Trinajstić information content (AvgIpc) is 3.09. The number of benzene rings is 2. The molecule has 0 saturated carbocycles. The van der Waals surface area contributed by atoms with Crippen molar-refractivity contribution in [3.05, 3.63) is 84.7 Å². The number of hydrogen-bond donors (Lipinski definition) is 3. The summed E-state index contributed by atoms with van der Waals surface area (Å²) in [5.41, 5.74) is 4.39. The summed E-state index contributed by atoms with van der Waals surface area (Å²) in [6.45, 7) is 0.0294. The zero-order chi connectivity index (χ0) is 17.1. The second-order valence-corrected chi connectivity index (χ2v) is 6.01. The molecule has 0 aliphatic heterocycles. The number of aromatic nitrogens is 2. The van der Waals surface area contributed by atoms with E-state index in [9.17, 15) is 5.11 Å².